The number of halogens is 1. The van der Waals surface area contributed by atoms with Gasteiger partial charge in [-0.2, -0.15) is 0 Å². The lowest BCUT2D eigenvalue weighted by Crippen LogP contribution is -2.21. The van der Waals surface area contributed by atoms with Crippen molar-refractivity contribution in [3.05, 3.63) is 35.9 Å². The average Bonchev–Trinajstić information content (AvgIpc) is 2.18. The largest absolute Gasteiger partial charge is 0.0922 e. The maximum Gasteiger partial charge on any atom is 0.00884 e. The zero-order valence-electron chi connectivity index (χ0n) is 8.55. The minimum atomic E-state index is 0.321. The van der Waals surface area contributed by atoms with Gasteiger partial charge in [-0.15, -0.1) is 0 Å². The molecule has 13 heavy (non-hydrogen) atoms. The van der Waals surface area contributed by atoms with Crippen LogP contribution in [0.4, 0.5) is 0 Å². The van der Waals surface area contributed by atoms with Crippen LogP contribution in [0.15, 0.2) is 30.3 Å². The number of rotatable bonds is 3. The van der Waals surface area contributed by atoms with Crippen molar-refractivity contribution < 1.29 is 0 Å². The van der Waals surface area contributed by atoms with E-state index in [1.54, 1.807) is 0 Å². The summed E-state index contributed by atoms with van der Waals surface area (Å²) >= 11 is 3.57. The first-order valence-corrected chi connectivity index (χ1v) is 5.81. The van der Waals surface area contributed by atoms with E-state index in [4.69, 9.17) is 0 Å². The molecule has 0 spiro atoms. The molecular weight excluding hydrogens is 224 g/mol. The molecule has 1 aromatic carbocycles. The highest BCUT2D eigenvalue weighted by Crippen LogP contribution is 2.36. The Labute approximate surface area is 89.5 Å². The van der Waals surface area contributed by atoms with Gasteiger partial charge in [-0.05, 0) is 16.9 Å². The molecule has 0 aliphatic carbocycles. The number of alkyl halides is 1. The molecule has 0 N–H and O–H groups in total. The minimum Gasteiger partial charge on any atom is -0.0922 e. The monoisotopic (exact) mass is 240 g/mol. The van der Waals surface area contributed by atoms with E-state index in [1.165, 1.54) is 5.56 Å². The van der Waals surface area contributed by atoms with Gasteiger partial charge in [0.2, 0.25) is 0 Å². The van der Waals surface area contributed by atoms with Gasteiger partial charge in [0.25, 0.3) is 0 Å². The van der Waals surface area contributed by atoms with Crippen LogP contribution >= 0.6 is 15.9 Å². The molecule has 0 aromatic heterocycles. The maximum atomic E-state index is 3.57. The van der Waals surface area contributed by atoms with Gasteiger partial charge in [0.15, 0.2) is 0 Å². The molecule has 0 aliphatic heterocycles. The Bertz CT molecular complexity index is 251. The zero-order valence-corrected chi connectivity index (χ0v) is 10.1. The van der Waals surface area contributed by atoms with E-state index in [2.05, 4.69) is 67.0 Å². The molecule has 1 unspecified atom stereocenters. The average molecular weight is 241 g/mol. The van der Waals surface area contributed by atoms with Gasteiger partial charge < -0.3 is 0 Å². The molecule has 72 valence electrons. The quantitative estimate of drug-likeness (QED) is 0.695. The molecule has 0 bridgehead atoms. The molecule has 0 saturated carbocycles. The maximum absolute atomic E-state index is 3.57. The van der Waals surface area contributed by atoms with E-state index in [0.717, 1.165) is 5.33 Å². The minimum absolute atomic E-state index is 0.321. The highest BCUT2D eigenvalue weighted by molar-refractivity contribution is 9.09. The van der Waals surface area contributed by atoms with Crippen molar-refractivity contribution in [1.29, 1.82) is 0 Å². The summed E-state index contributed by atoms with van der Waals surface area (Å²) in [4.78, 5) is 0. The Morgan fingerprint density at radius 2 is 1.77 bits per heavy atom. The topological polar surface area (TPSA) is 0 Å². The summed E-state index contributed by atoms with van der Waals surface area (Å²) in [6.07, 6.45) is 0. The smallest absolute Gasteiger partial charge is 0.00884 e. The number of hydrogen-bond donors (Lipinski definition) is 0. The molecule has 0 amide bonds. The molecule has 1 rings (SSSR count). The number of hydrogen-bond acceptors (Lipinski definition) is 0. The Hall–Kier alpha value is -0.300. The van der Waals surface area contributed by atoms with Crippen LogP contribution in [-0.4, -0.2) is 5.33 Å². The second-order valence-corrected chi connectivity index (χ2v) is 4.82. The van der Waals surface area contributed by atoms with Gasteiger partial charge in [0.1, 0.15) is 0 Å². The van der Waals surface area contributed by atoms with Crippen molar-refractivity contribution in [2.75, 3.05) is 5.33 Å². The molecule has 0 heterocycles. The molecule has 0 nitrogen and oxygen atoms in total. The van der Waals surface area contributed by atoms with Crippen LogP contribution < -0.4 is 0 Å². The van der Waals surface area contributed by atoms with Crippen LogP contribution in [-0.2, 0) is 0 Å². The van der Waals surface area contributed by atoms with Crippen molar-refractivity contribution in [2.45, 2.75) is 26.7 Å². The van der Waals surface area contributed by atoms with Gasteiger partial charge in [0.05, 0.1) is 0 Å². The molecule has 1 aromatic rings. The van der Waals surface area contributed by atoms with Crippen molar-refractivity contribution in [3.8, 4) is 0 Å². The van der Waals surface area contributed by atoms with Crippen molar-refractivity contribution in [3.63, 3.8) is 0 Å². The van der Waals surface area contributed by atoms with Crippen molar-refractivity contribution in [2.24, 2.45) is 5.41 Å². The normalized spacial score (nSPS) is 14.2. The Kier molecular flexibility index (Phi) is 3.55. The first-order valence-electron chi connectivity index (χ1n) is 4.69. The molecule has 0 saturated heterocycles. The van der Waals surface area contributed by atoms with Crippen LogP contribution in [0.5, 0.6) is 0 Å². The van der Waals surface area contributed by atoms with E-state index in [0.29, 0.717) is 11.3 Å². The predicted molar refractivity (Wildman–Crippen MR) is 62.4 cm³/mol. The summed E-state index contributed by atoms with van der Waals surface area (Å²) in [7, 11) is 0. The van der Waals surface area contributed by atoms with Crippen LogP contribution in [0.2, 0.25) is 0 Å². The second kappa shape index (κ2) is 4.28. The van der Waals surface area contributed by atoms with Gasteiger partial charge in [-0.1, -0.05) is 67.0 Å². The highest BCUT2D eigenvalue weighted by atomic mass is 79.9. The Balaban J connectivity index is 2.85. The summed E-state index contributed by atoms with van der Waals surface area (Å²) in [6, 6.07) is 10.7. The molecule has 1 heteroatoms. The highest BCUT2D eigenvalue weighted by Gasteiger charge is 2.25. The lowest BCUT2D eigenvalue weighted by atomic mass is 9.78. The van der Waals surface area contributed by atoms with E-state index in [1.807, 2.05) is 0 Å². The predicted octanol–water partition coefficient (Wildman–Crippen LogP) is 4.21. The third kappa shape index (κ3) is 2.57. The van der Waals surface area contributed by atoms with Crippen LogP contribution in [0, 0.1) is 5.41 Å². The van der Waals surface area contributed by atoms with Crippen LogP contribution in [0.3, 0.4) is 0 Å². The fourth-order valence-corrected chi connectivity index (χ4v) is 1.79. The summed E-state index contributed by atoms with van der Waals surface area (Å²) < 4.78 is 0. The van der Waals surface area contributed by atoms with Gasteiger partial charge >= 0.3 is 0 Å². The van der Waals surface area contributed by atoms with Crippen molar-refractivity contribution in [1.82, 2.24) is 0 Å². The molecule has 0 fully saturated rings. The van der Waals surface area contributed by atoms with E-state index >= 15 is 0 Å². The molecule has 0 radical (unpaired) electrons. The van der Waals surface area contributed by atoms with Gasteiger partial charge in [-0.3, -0.25) is 0 Å². The lowest BCUT2D eigenvalue weighted by molar-refractivity contribution is 0.351. The van der Waals surface area contributed by atoms with Crippen molar-refractivity contribution >= 4 is 15.9 Å². The SMILES string of the molecule is CC(c1ccccc1)C(C)(C)CBr. The van der Waals surface area contributed by atoms with Gasteiger partial charge in [0, 0.05) is 5.33 Å². The molecular formula is C12H17Br. The molecule has 0 aliphatic rings. The molecule has 1 atom stereocenters. The van der Waals surface area contributed by atoms with E-state index in [9.17, 15) is 0 Å². The summed E-state index contributed by atoms with van der Waals surface area (Å²) in [6.45, 7) is 6.87. The van der Waals surface area contributed by atoms with Crippen LogP contribution in [0.25, 0.3) is 0 Å². The fraction of sp³-hybridized carbons (Fsp3) is 0.500. The van der Waals surface area contributed by atoms with E-state index < -0.39 is 0 Å². The summed E-state index contributed by atoms with van der Waals surface area (Å²) in [5.74, 6) is 0.591. The van der Waals surface area contributed by atoms with E-state index in [-0.39, 0.29) is 0 Å². The summed E-state index contributed by atoms with van der Waals surface area (Å²) in [5.41, 5.74) is 1.74. The standard InChI is InChI=1S/C12H17Br/c1-10(12(2,3)9-13)11-7-5-4-6-8-11/h4-8,10H,9H2,1-3H3. The Morgan fingerprint density at radius 3 is 2.23 bits per heavy atom. The van der Waals surface area contributed by atoms with Gasteiger partial charge in [-0.25, -0.2) is 0 Å². The first-order chi connectivity index (χ1) is 6.08. The third-order valence-corrected chi connectivity index (χ3v) is 4.26. The third-order valence-electron chi connectivity index (χ3n) is 2.82. The first kappa shape index (κ1) is 10.8. The fourth-order valence-electron chi connectivity index (χ4n) is 1.31. The zero-order chi connectivity index (χ0) is 9.90. The second-order valence-electron chi connectivity index (χ2n) is 4.25. The summed E-state index contributed by atoms with van der Waals surface area (Å²) in [5, 5.41) is 1.04. The number of benzene rings is 1. The lowest BCUT2D eigenvalue weighted by Gasteiger charge is -2.30. The van der Waals surface area contributed by atoms with Crippen LogP contribution in [0.1, 0.15) is 32.3 Å². The Morgan fingerprint density at radius 1 is 1.23 bits per heavy atom.